The maximum Gasteiger partial charge on any atom is 0.328 e. The van der Waals surface area contributed by atoms with Crippen LogP contribution in [0, 0.1) is 5.92 Å². The maximum atomic E-state index is 13.3. The number of anilines is 1. The van der Waals surface area contributed by atoms with Crippen LogP contribution < -0.4 is 10.6 Å². The third-order valence-corrected chi connectivity index (χ3v) is 6.60. The highest BCUT2D eigenvalue weighted by Crippen LogP contribution is 2.28. The van der Waals surface area contributed by atoms with Crippen molar-refractivity contribution in [2.75, 3.05) is 24.5 Å². The van der Waals surface area contributed by atoms with Crippen molar-refractivity contribution in [1.29, 1.82) is 0 Å². The van der Waals surface area contributed by atoms with Crippen LogP contribution in [0.5, 0.6) is 0 Å². The van der Waals surface area contributed by atoms with Crippen LogP contribution in [0.3, 0.4) is 0 Å². The minimum absolute atomic E-state index is 0.101. The van der Waals surface area contributed by atoms with Gasteiger partial charge in [-0.2, -0.15) is 0 Å². The number of piperidine rings is 1. The topological polar surface area (TPSA) is 70.1 Å². The Balaban J connectivity index is 1.52. The van der Waals surface area contributed by atoms with Gasteiger partial charge in [-0.25, -0.2) is 14.8 Å². The molecule has 1 aliphatic rings. The number of benzene rings is 2. The zero-order chi connectivity index (χ0) is 24.2. The largest absolute Gasteiger partial charge is 0.346 e. The summed E-state index contributed by atoms with van der Waals surface area (Å²) < 4.78 is 1.86. The summed E-state index contributed by atoms with van der Waals surface area (Å²) >= 11 is 0. The van der Waals surface area contributed by atoms with E-state index in [1.54, 1.807) is 6.33 Å². The predicted molar refractivity (Wildman–Crippen MR) is 140 cm³/mol. The summed E-state index contributed by atoms with van der Waals surface area (Å²) in [5.41, 5.74) is 3.66. The van der Waals surface area contributed by atoms with Gasteiger partial charge in [-0.05, 0) is 36.4 Å². The van der Waals surface area contributed by atoms with Crippen LogP contribution in [0.25, 0.3) is 11.2 Å². The lowest BCUT2D eigenvalue weighted by atomic mass is 10.0. The first-order valence-corrected chi connectivity index (χ1v) is 12.4. The van der Waals surface area contributed by atoms with Crippen molar-refractivity contribution in [2.24, 2.45) is 0 Å². The van der Waals surface area contributed by atoms with Crippen molar-refractivity contribution in [2.45, 2.75) is 45.8 Å². The standard InChI is InChI=1S/C28H33N6O/c1-21(2)16-32-15-9-14-24(19-32)34-27-25(31-28(34)35)26(29-20-30-27)33(17-22-10-5-3-6-11-22)18-23-12-7-4-8-13-23/h3-8,10-13,20,24H,9,14-19H2,1-2H3,(H,31,35)/t24-/m1/s1. The Hall–Kier alpha value is -3.45. The number of hydrogen-bond acceptors (Lipinski definition) is 5. The second-order valence-electron chi connectivity index (χ2n) is 9.76. The molecule has 1 atom stereocenters. The van der Waals surface area contributed by atoms with Gasteiger partial charge in [0.25, 0.3) is 0 Å². The van der Waals surface area contributed by atoms with Gasteiger partial charge in [-0.3, -0.25) is 4.57 Å². The average Bonchev–Trinajstić information content (AvgIpc) is 3.20. The molecule has 0 saturated carbocycles. The van der Waals surface area contributed by atoms with Crippen molar-refractivity contribution >= 4 is 17.0 Å². The van der Waals surface area contributed by atoms with Crippen molar-refractivity contribution in [1.82, 2.24) is 24.4 Å². The van der Waals surface area contributed by atoms with Crippen LogP contribution in [0.4, 0.5) is 5.82 Å². The molecular weight excluding hydrogens is 436 g/mol. The second-order valence-corrected chi connectivity index (χ2v) is 9.76. The summed E-state index contributed by atoms with van der Waals surface area (Å²) in [5, 5.41) is 0. The Morgan fingerprint density at radius 2 is 1.66 bits per heavy atom. The zero-order valence-corrected chi connectivity index (χ0v) is 20.5. The highest BCUT2D eigenvalue weighted by atomic mass is 16.1. The minimum Gasteiger partial charge on any atom is -0.346 e. The molecule has 7 nitrogen and oxygen atoms in total. The molecule has 181 valence electrons. The fourth-order valence-electron chi connectivity index (χ4n) is 5.15. The lowest BCUT2D eigenvalue weighted by Gasteiger charge is -2.34. The highest BCUT2D eigenvalue weighted by molar-refractivity contribution is 5.83. The average molecular weight is 470 g/mol. The minimum atomic E-state index is -0.106. The van der Waals surface area contributed by atoms with Gasteiger partial charge in [0.1, 0.15) is 11.8 Å². The van der Waals surface area contributed by atoms with E-state index in [4.69, 9.17) is 0 Å². The maximum absolute atomic E-state index is 13.3. The molecule has 0 amide bonds. The molecule has 1 radical (unpaired) electrons. The number of nitrogens with zero attached hydrogens (tertiary/aromatic N) is 5. The molecule has 3 heterocycles. The van der Waals surface area contributed by atoms with E-state index in [1.807, 2.05) is 41.0 Å². The van der Waals surface area contributed by atoms with Crippen LogP contribution in [0.15, 0.2) is 71.8 Å². The quantitative estimate of drug-likeness (QED) is 0.409. The molecule has 4 aromatic rings. The lowest BCUT2D eigenvalue weighted by molar-refractivity contribution is 0.183. The van der Waals surface area contributed by atoms with Gasteiger partial charge < -0.3 is 14.8 Å². The molecule has 5 rings (SSSR count). The first-order chi connectivity index (χ1) is 17.1. The van der Waals surface area contributed by atoms with Crippen molar-refractivity contribution in [3.05, 3.63) is 94.5 Å². The molecule has 0 spiro atoms. The van der Waals surface area contributed by atoms with E-state index in [0.717, 1.165) is 38.3 Å². The molecule has 2 aromatic heterocycles. The van der Waals surface area contributed by atoms with Gasteiger partial charge in [0.05, 0.1) is 6.04 Å². The molecule has 2 aromatic carbocycles. The monoisotopic (exact) mass is 469 g/mol. The van der Waals surface area contributed by atoms with E-state index >= 15 is 0 Å². The van der Waals surface area contributed by atoms with Gasteiger partial charge in [0.15, 0.2) is 11.5 Å². The molecule has 1 N–H and O–H groups in total. The molecular formula is C28H33N6O. The van der Waals surface area contributed by atoms with E-state index in [1.165, 1.54) is 17.0 Å². The Morgan fingerprint density at radius 3 is 2.29 bits per heavy atom. The van der Waals surface area contributed by atoms with Crippen molar-refractivity contribution in [3.8, 4) is 0 Å². The molecule has 7 heteroatoms. The molecule has 1 fully saturated rings. The number of likely N-dealkylation sites (tertiary alicyclic amines) is 1. The smallest absolute Gasteiger partial charge is 0.328 e. The number of rotatable bonds is 8. The van der Waals surface area contributed by atoms with Gasteiger partial charge in [-0.15, -0.1) is 0 Å². The van der Waals surface area contributed by atoms with Gasteiger partial charge in [-0.1, -0.05) is 74.5 Å². The van der Waals surface area contributed by atoms with E-state index < -0.39 is 0 Å². The SMILES string of the molecule is C[C](C)CN1CCC[C@@H](n2c(=O)[nH]c3c(N(Cc4ccccc4)Cc4ccccc4)ncnc32)C1. The number of hydrogen-bond donors (Lipinski definition) is 1. The Morgan fingerprint density at radius 1 is 1.00 bits per heavy atom. The zero-order valence-electron chi connectivity index (χ0n) is 20.5. The van der Waals surface area contributed by atoms with Crippen LogP contribution in [-0.2, 0) is 13.1 Å². The van der Waals surface area contributed by atoms with Crippen LogP contribution in [-0.4, -0.2) is 44.1 Å². The summed E-state index contributed by atoms with van der Waals surface area (Å²) in [6, 6.07) is 20.8. The Kier molecular flexibility index (Phi) is 6.95. The van der Waals surface area contributed by atoms with E-state index in [0.29, 0.717) is 24.3 Å². The molecule has 0 unspecified atom stereocenters. The van der Waals surface area contributed by atoms with E-state index in [-0.39, 0.29) is 11.7 Å². The van der Waals surface area contributed by atoms with E-state index in [2.05, 4.69) is 62.9 Å². The molecule has 0 aliphatic carbocycles. The lowest BCUT2D eigenvalue weighted by Crippen LogP contribution is -2.40. The Labute approximate surface area is 206 Å². The third kappa shape index (κ3) is 5.30. The number of fused-ring (bicyclic) bond motifs is 1. The van der Waals surface area contributed by atoms with Crippen LogP contribution in [0.2, 0.25) is 0 Å². The van der Waals surface area contributed by atoms with Crippen molar-refractivity contribution in [3.63, 3.8) is 0 Å². The molecule has 0 bridgehead atoms. The van der Waals surface area contributed by atoms with E-state index in [9.17, 15) is 4.79 Å². The molecule has 35 heavy (non-hydrogen) atoms. The van der Waals surface area contributed by atoms with Crippen LogP contribution in [0.1, 0.15) is 43.9 Å². The number of nitrogens with one attached hydrogen (secondary N) is 1. The first-order valence-electron chi connectivity index (χ1n) is 12.4. The number of aromatic nitrogens is 4. The summed E-state index contributed by atoms with van der Waals surface area (Å²) in [4.78, 5) is 30.3. The summed E-state index contributed by atoms with van der Waals surface area (Å²) in [6.07, 6.45) is 3.64. The fourth-order valence-corrected chi connectivity index (χ4v) is 5.15. The van der Waals surface area contributed by atoms with Gasteiger partial charge >= 0.3 is 5.69 Å². The molecule has 1 saturated heterocycles. The number of imidazole rings is 1. The number of H-pyrrole nitrogens is 1. The first kappa shape index (κ1) is 23.3. The predicted octanol–water partition coefficient (Wildman–Crippen LogP) is 4.58. The van der Waals surface area contributed by atoms with Crippen molar-refractivity contribution < 1.29 is 0 Å². The Bertz CT molecular complexity index is 1260. The van der Waals surface area contributed by atoms with Gasteiger partial charge in [0, 0.05) is 26.2 Å². The summed E-state index contributed by atoms with van der Waals surface area (Å²) in [7, 11) is 0. The summed E-state index contributed by atoms with van der Waals surface area (Å²) in [6.45, 7) is 8.58. The second kappa shape index (κ2) is 10.4. The van der Waals surface area contributed by atoms with Gasteiger partial charge in [0.2, 0.25) is 0 Å². The number of aromatic amines is 1. The molecule has 1 aliphatic heterocycles. The van der Waals surface area contributed by atoms with Crippen LogP contribution >= 0.6 is 0 Å². The fraction of sp³-hybridized carbons (Fsp3) is 0.357. The third-order valence-electron chi connectivity index (χ3n) is 6.60. The summed E-state index contributed by atoms with van der Waals surface area (Å²) in [5.74, 6) is 2.14. The highest BCUT2D eigenvalue weighted by Gasteiger charge is 2.27. The normalized spacial score (nSPS) is 16.7.